The molecule has 0 bridgehead atoms. The van der Waals surface area contributed by atoms with E-state index in [0.717, 1.165) is 11.1 Å². The molecular formula is C22H25N5O2S. The topological polar surface area (TPSA) is 103 Å². The number of hydrogen-bond acceptors (Lipinski definition) is 5. The lowest BCUT2D eigenvalue weighted by molar-refractivity contribution is -0.119. The summed E-state index contributed by atoms with van der Waals surface area (Å²) < 4.78 is 1.91. The number of nitrogens with one attached hydrogen (secondary N) is 1. The Balaban J connectivity index is 1.67. The van der Waals surface area contributed by atoms with Crippen LogP contribution in [0.1, 0.15) is 36.3 Å². The molecule has 0 saturated heterocycles. The average Bonchev–Trinajstić information content (AvgIpc) is 3.17. The molecule has 3 rings (SSSR count). The Kier molecular flexibility index (Phi) is 7.62. The van der Waals surface area contributed by atoms with Gasteiger partial charge in [-0.3, -0.25) is 9.59 Å². The number of aromatic nitrogens is 3. The maximum Gasteiger partial charge on any atom is 0.231 e. The van der Waals surface area contributed by atoms with Crippen LogP contribution in [0.5, 0.6) is 0 Å². The van der Waals surface area contributed by atoms with E-state index in [1.807, 2.05) is 72.2 Å². The molecule has 0 spiro atoms. The van der Waals surface area contributed by atoms with Crippen molar-refractivity contribution in [3.63, 3.8) is 0 Å². The number of nitrogens with two attached hydrogens (primary N) is 1. The smallest absolute Gasteiger partial charge is 0.231 e. The van der Waals surface area contributed by atoms with E-state index in [-0.39, 0.29) is 30.0 Å². The third-order valence-electron chi connectivity index (χ3n) is 4.61. The Labute approximate surface area is 180 Å². The molecule has 3 aromatic rings. The summed E-state index contributed by atoms with van der Waals surface area (Å²) in [6.07, 6.45) is 0.659. The highest BCUT2D eigenvalue weighted by atomic mass is 32.2. The van der Waals surface area contributed by atoms with E-state index in [0.29, 0.717) is 23.9 Å². The lowest BCUT2D eigenvalue weighted by atomic mass is 9.99. The van der Waals surface area contributed by atoms with Crippen LogP contribution in [0.4, 0.5) is 0 Å². The summed E-state index contributed by atoms with van der Waals surface area (Å²) in [5.41, 5.74) is 7.27. The van der Waals surface area contributed by atoms with Gasteiger partial charge in [-0.05, 0) is 18.1 Å². The van der Waals surface area contributed by atoms with Crippen molar-refractivity contribution in [2.24, 2.45) is 5.73 Å². The second-order valence-corrected chi connectivity index (χ2v) is 7.66. The number of carbonyl (C=O) groups excluding carboxylic acids is 2. The monoisotopic (exact) mass is 423 g/mol. The minimum absolute atomic E-state index is 0.0953. The van der Waals surface area contributed by atoms with E-state index in [1.54, 1.807) is 0 Å². The van der Waals surface area contributed by atoms with Gasteiger partial charge in [-0.2, -0.15) is 0 Å². The van der Waals surface area contributed by atoms with Gasteiger partial charge in [-0.15, -0.1) is 10.2 Å². The highest BCUT2D eigenvalue weighted by Gasteiger charge is 2.18. The van der Waals surface area contributed by atoms with Gasteiger partial charge in [0.25, 0.3) is 0 Å². The Bertz CT molecular complexity index is 936. The second-order valence-electron chi connectivity index (χ2n) is 6.72. The fourth-order valence-electron chi connectivity index (χ4n) is 3.15. The van der Waals surface area contributed by atoms with Crippen LogP contribution in [0, 0.1) is 0 Å². The van der Waals surface area contributed by atoms with Crippen LogP contribution in [0.15, 0.2) is 65.8 Å². The van der Waals surface area contributed by atoms with Gasteiger partial charge in [-0.25, -0.2) is 0 Å². The predicted octanol–water partition coefficient (Wildman–Crippen LogP) is 2.71. The molecule has 0 atom stereocenters. The number of amides is 2. The third kappa shape index (κ3) is 5.70. The van der Waals surface area contributed by atoms with Crippen LogP contribution < -0.4 is 11.1 Å². The summed E-state index contributed by atoms with van der Waals surface area (Å²) in [5.74, 6) is 0.444. The zero-order valence-electron chi connectivity index (χ0n) is 16.8. The van der Waals surface area contributed by atoms with Crippen molar-refractivity contribution in [3.8, 4) is 0 Å². The van der Waals surface area contributed by atoms with E-state index in [4.69, 9.17) is 5.73 Å². The molecule has 2 aromatic carbocycles. The Morgan fingerprint density at radius 1 is 1.03 bits per heavy atom. The molecule has 8 heteroatoms. The zero-order chi connectivity index (χ0) is 21.3. The van der Waals surface area contributed by atoms with Crippen LogP contribution in [-0.4, -0.2) is 32.3 Å². The highest BCUT2D eigenvalue weighted by Crippen LogP contribution is 2.23. The normalized spacial score (nSPS) is 10.9. The Hall–Kier alpha value is -3.13. The van der Waals surface area contributed by atoms with Gasteiger partial charge in [0.2, 0.25) is 11.8 Å². The maximum absolute atomic E-state index is 12.7. The zero-order valence-corrected chi connectivity index (χ0v) is 17.6. The van der Waals surface area contributed by atoms with Crippen LogP contribution in [0.3, 0.4) is 0 Å². The van der Waals surface area contributed by atoms with E-state index < -0.39 is 0 Å². The molecular weight excluding hydrogens is 398 g/mol. The van der Waals surface area contributed by atoms with Gasteiger partial charge >= 0.3 is 0 Å². The minimum Gasteiger partial charge on any atom is -0.370 e. The molecule has 0 unspecified atom stereocenters. The number of aryl methyl sites for hydroxylation is 1. The average molecular weight is 424 g/mol. The van der Waals surface area contributed by atoms with Crippen LogP contribution >= 0.6 is 11.8 Å². The molecule has 2 amide bonds. The van der Waals surface area contributed by atoms with E-state index in [9.17, 15) is 9.59 Å². The number of hydrogen-bond donors (Lipinski definition) is 2. The van der Waals surface area contributed by atoms with Gasteiger partial charge in [0.15, 0.2) is 5.16 Å². The first-order chi connectivity index (χ1) is 14.6. The summed E-state index contributed by atoms with van der Waals surface area (Å²) in [7, 11) is 0. The van der Waals surface area contributed by atoms with Crippen molar-refractivity contribution in [3.05, 3.63) is 77.6 Å². The largest absolute Gasteiger partial charge is 0.370 e. The molecule has 1 aromatic heterocycles. The second kappa shape index (κ2) is 10.6. The fraction of sp³-hybridized carbons (Fsp3) is 0.273. The molecule has 1 heterocycles. The summed E-state index contributed by atoms with van der Waals surface area (Å²) >= 11 is 1.33. The SMILES string of the molecule is CCn1c(CCC(N)=O)nnc1SCC(=O)NC(c1ccccc1)c1ccccc1. The Morgan fingerprint density at radius 2 is 1.63 bits per heavy atom. The van der Waals surface area contributed by atoms with Gasteiger partial charge in [0, 0.05) is 19.4 Å². The van der Waals surface area contributed by atoms with Crippen LogP contribution in [-0.2, 0) is 22.6 Å². The third-order valence-corrected chi connectivity index (χ3v) is 5.57. The summed E-state index contributed by atoms with van der Waals surface area (Å²) in [4.78, 5) is 23.8. The Morgan fingerprint density at radius 3 is 2.17 bits per heavy atom. The van der Waals surface area contributed by atoms with Gasteiger partial charge in [0.1, 0.15) is 5.82 Å². The van der Waals surface area contributed by atoms with Crippen molar-refractivity contribution < 1.29 is 9.59 Å². The molecule has 0 aliphatic rings. The first-order valence-electron chi connectivity index (χ1n) is 9.81. The number of thioether (sulfide) groups is 1. The highest BCUT2D eigenvalue weighted by molar-refractivity contribution is 7.99. The lowest BCUT2D eigenvalue weighted by Crippen LogP contribution is -2.30. The van der Waals surface area contributed by atoms with Crippen molar-refractivity contribution >= 4 is 23.6 Å². The number of carbonyl (C=O) groups is 2. The van der Waals surface area contributed by atoms with Gasteiger partial charge in [-0.1, -0.05) is 72.4 Å². The van der Waals surface area contributed by atoms with E-state index >= 15 is 0 Å². The number of benzene rings is 2. The van der Waals surface area contributed by atoms with Crippen molar-refractivity contribution in [2.75, 3.05) is 5.75 Å². The van der Waals surface area contributed by atoms with Crippen molar-refractivity contribution in [1.29, 1.82) is 0 Å². The number of nitrogens with zero attached hydrogens (tertiary/aromatic N) is 3. The van der Waals surface area contributed by atoms with E-state index in [2.05, 4.69) is 15.5 Å². The standard InChI is InChI=1S/C22H25N5O2S/c1-2-27-19(14-13-18(23)28)25-26-22(27)30-15-20(29)24-21(16-9-5-3-6-10-16)17-11-7-4-8-12-17/h3-12,21H,2,13-15H2,1H3,(H2,23,28)(H,24,29). The van der Waals surface area contributed by atoms with Crippen LogP contribution in [0.25, 0.3) is 0 Å². The lowest BCUT2D eigenvalue weighted by Gasteiger charge is -2.20. The quantitative estimate of drug-likeness (QED) is 0.488. The van der Waals surface area contributed by atoms with Crippen molar-refractivity contribution in [1.82, 2.24) is 20.1 Å². The summed E-state index contributed by atoms with van der Waals surface area (Å²) in [6, 6.07) is 19.5. The fourth-order valence-corrected chi connectivity index (χ4v) is 3.98. The molecule has 0 aliphatic heterocycles. The molecule has 30 heavy (non-hydrogen) atoms. The molecule has 0 fully saturated rings. The molecule has 0 saturated carbocycles. The molecule has 7 nitrogen and oxygen atoms in total. The minimum atomic E-state index is -0.373. The number of rotatable bonds is 10. The predicted molar refractivity (Wildman–Crippen MR) is 117 cm³/mol. The van der Waals surface area contributed by atoms with Gasteiger partial charge < -0.3 is 15.6 Å². The number of primary amides is 1. The molecule has 0 radical (unpaired) electrons. The molecule has 3 N–H and O–H groups in total. The van der Waals surface area contributed by atoms with Crippen molar-refractivity contribution in [2.45, 2.75) is 37.5 Å². The van der Waals surface area contributed by atoms with Gasteiger partial charge in [0.05, 0.1) is 11.8 Å². The maximum atomic E-state index is 12.7. The first kappa shape index (κ1) is 21.6. The molecule has 156 valence electrons. The summed E-state index contributed by atoms with van der Waals surface area (Å²) in [6.45, 7) is 2.63. The first-order valence-corrected chi connectivity index (χ1v) is 10.8. The van der Waals surface area contributed by atoms with Crippen LogP contribution in [0.2, 0.25) is 0 Å². The summed E-state index contributed by atoms with van der Waals surface area (Å²) in [5, 5.41) is 12.1. The van der Waals surface area contributed by atoms with E-state index in [1.165, 1.54) is 11.8 Å². The molecule has 0 aliphatic carbocycles.